The predicted molar refractivity (Wildman–Crippen MR) is 93.0 cm³/mol. The molecule has 1 saturated heterocycles. The molecule has 0 spiro atoms. The summed E-state index contributed by atoms with van der Waals surface area (Å²) in [7, 11) is 0. The van der Waals surface area contributed by atoms with Crippen molar-refractivity contribution < 1.29 is 28.8 Å². The number of nitro groups is 1. The Morgan fingerprint density at radius 1 is 1.30 bits per heavy atom. The van der Waals surface area contributed by atoms with E-state index >= 15 is 0 Å². The van der Waals surface area contributed by atoms with E-state index in [0.29, 0.717) is 13.1 Å². The number of nitro benzene ring substituents is 1. The van der Waals surface area contributed by atoms with E-state index in [1.54, 1.807) is 4.90 Å². The third kappa shape index (κ3) is 6.03. The summed E-state index contributed by atoms with van der Waals surface area (Å²) in [5, 5.41) is 13.0. The minimum absolute atomic E-state index is 0.0457. The Kier molecular flexibility index (Phi) is 6.83. The lowest BCUT2D eigenvalue weighted by atomic mass is 10.2. The van der Waals surface area contributed by atoms with E-state index in [4.69, 9.17) is 9.47 Å². The Labute approximate surface area is 155 Å². The average Bonchev–Trinajstić information content (AvgIpc) is 2.63. The van der Waals surface area contributed by atoms with Crippen LogP contribution in [-0.2, 0) is 19.1 Å². The first-order valence-electron chi connectivity index (χ1n) is 8.37. The third-order valence-corrected chi connectivity index (χ3v) is 3.84. The fraction of sp³-hybridized carbons (Fsp3) is 0.471. The molecule has 0 aromatic heterocycles. The second kappa shape index (κ2) is 9.08. The van der Waals surface area contributed by atoms with Crippen molar-refractivity contribution in [3.63, 3.8) is 0 Å². The van der Waals surface area contributed by atoms with Crippen LogP contribution in [0.25, 0.3) is 0 Å². The fourth-order valence-electron chi connectivity index (χ4n) is 2.68. The number of non-ortho nitro benzene ring substituents is 1. The van der Waals surface area contributed by atoms with Crippen molar-refractivity contribution in [2.24, 2.45) is 0 Å². The molecule has 2 rings (SSSR count). The first-order chi connectivity index (χ1) is 12.8. The van der Waals surface area contributed by atoms with Crippen LogP contribution in [0.4, 0.5) is 5.69 Å². The van der Waals surface area contributed by atoms with Gasteiger partial charge in [0.2, 0.25) is 0 Å². The highest BCUT2D eigenvalue weighted by atomic mass is 16.6. The number of esters is 1. The maximum absolute atomic E-state index is 12.1. The quantitative estimate of drug-likeness (QED) is 0.433. The minimum Gasteiger partial charge on any atom is -0.454 e. The largest absolute Gasteiger partial charge is 0.454 e. The Hall–Kier alpha value is -3.01. The summed E-state index contributed by atoms with van der Waals surface area (Å²) in [6, 6.07) is 5.11. The van der Waals surface area contributed by atoms with Gasteiger partial charge in [-0.05, 0) is 19.9 Å². The summed E-state index contributed by atoms with van der Waals surface area (Å²) < 4.78 is 10.4. The number of ether oxygens (including phenoxy) is 2. The molecule has 146 valence electrons. The SMILES string of the molecule is C[C@@H]1CN(C(=O)COC(=O)CNC(=O)c2cccc([N+](=O)[O-])c2)C[C@H](C)O1. The summed E-state index contributed by atoms with van der Waals surface area (Å²) in [5.74, 6) is -1.77. The van der Waals surface area contributed by atoms with Gasteiger partial charge in [-0.2, -0.15) is 0 Å². The van der Waals surface area contributed by atoms with Crippen molar-refractivity contribution >= 4 is 23.5 Å². The van der Waals surface area contributed by atoms with Crippen molar-refractivity contribution in [2.75, 3.05) is 26.2 Å². The van der Waals surface area contributed by atoms with Crippen molar-refractivity contribution in [1.29, 1.82) is 0 Å². The van der Waals surface area contributed by atoms with Crippen LogP contribution in [-0.4, -0.2) is 66.1 Å². The summed E-state index contributed by atoms with van der Waals surface area (Å²) in [6.45, 7) is 3.67. The minimum atomic E-state index is -0.781. The van der Waals surface area contributed by atoms with Gasteiger partial charge in [0.05, 0.1) is 17.1 Å². The third-order valence-electron chi connectivity index (χ3n) is 3.84. The van der Waals surface area contributed by atoms with Gasteiger partial charge in [-0.25, -0.2) is 0 Å². The number of hydrogen-bond acceptors (Lipinski definition) is 7. The highest BCUT2D eigenvalue weighted by Gasteiger charge is 2.26. The Bertz CT molecular complexity index is 727. The summed E-state index contributed by atoms with van der Waals surface area (Å²) in [6.07, 6.45) is -0.190. The van der Waals surface area contributed by atoms with Gasteiger partial charge in [-0.1, -0.05) is 6.07 Å². The molecule has 1 aliphatic heterocycles. The van der Waals surface area contributed by atoms with Crippen LogP contribution >= 0.6 is 0 Å². The topological polar surface area (TPSA) is 128 Å². The highest BCUT2D eigenvalue weighted by molar-refractivity contribution is 5.96. The Balaban J connectivity index is 1.77. The smallest absolute Gasteiger partial charge is 0.325 e. The number of rotatable bonds is 6. The standard InChI is InChI=1S/C17H21N3O7/c1-11-8-19(9-12(2)27-11)15(21)10-26-16(22)7-18-17(23)13-4-3-5-14(6-13)20(24)25/h3-6,11-12H,7-10H2,1-2H3,(H,18,23)/t11-,12+. The zero-order chi connectivity index (χ0) is 20.0. The van der Waals surface area contributed by atoms with E-state index in [1.165, 1.54) is 18.2 Å². The van der Waals surface area contributed by atoms with Gasteiger partial charge in [-0.3, -0.25) is 24.5 Å². The number of benzene rings is 1. The van der Waals surface area contributed by atoms with E-state index in [9.17, 15) is 24.5 Å². The molecule has 1 N–H and O–H groups in total. The zero-order valence-corrected chi connectivity index (χ0v) is 15.0. The zero-order valence-electron chi connectivity index (χ0n) is 15.0. The second-order valence-electron chi connectivity index (χ2n) is 6.21. The van der Waals surface area contributed by atoms with Gasteiger partial charge in [0.15, 0.2) is 6.61 Å². The monoisotopic (exact) mass is 379 g/mol. The average molecular weight is 379 g/mol. The first kappa shape index (κ1) is 20.3. The molecule has 10 nitrogen and oxygen atoms in total. The van der Waals surface area contributed by atoms with Gasteiger partial charge in [0, 0.05) is 30.8 Å². The molecule has 0 saturated carbocycles. The molecule has 2 amide bonds. The number of hydrogen-bond donors (Lipinski definition) is 1. The van der Waals surface area contributed by atoms with E-state index < -0.39 is 30.0 Å². The molecule has 1 heterocycles. The van der Waals surface area contributed by atoms with Gasteiger partial charge in [0.1, 0.15) is 6.54 Å². The molecule has 1 aliphatic rings. The number of carbonyl (C=O) groups excluding carboxylic acids is 3. The van der Waals surface area contributed by atoms with Crippen LogP contribution in [0, 0.1) is 10.1 Å². The second-order valence-corrected chi connectivity index (χ2v) is 6.21. The molecule has 27 heavy (non-hydrogen) atoms. The van der Waals surface area contributed by atoms with Crippen LogP contribution in [0.3, 0.4) is 0 Å². The lowest BCUT2D eigenvalue weighted by Gasteiger charge is -2.35. The van der Waals surface area contributed by atoms with E-state index in [-0.39, 0.29) is 29.4 Å². The fourth-order valence-corrected chi connectivity index (χ4v) is 2.68. The molecule has 0 radical (unpaired) electrons. The number of nitrogens with zero attached hydrogens (tertiary/aromatic N) is 2. The number of amides is 2. The summed E-state index contributed by atoms with van der Waals surface area (Å²) in [5.41, 5.74) is -0.186. The van der Waals surface area contributed by atoms with Crippen LogP contribution in [0.1, 0.15) is 24.2 Å². The van der Waals surface area contributed by atoms with Gasteiger partial charge < -0.3 is 19.7 Å². The van der Waals surface area contributed by atoms with Crippen molar-refractivity contribution in [1.82, 2.24) is 10.2 Å². The maximum atomic E-state index is 12.1. The van der Waals surface area contributed by atoms with E-state index in [1.807, 2.05) is 13.8 Å². The van der Waals surface area contributed by atoms with Crippen molar-refractivity contribution in [2.45, 2.75) is 26.1 Å². The van der Waals surface area contributed by atoms with Crippen LogP contribution < -0.4 is 5.32 Å². The van der Waals surface area contributed by atoms with E-state index in [2.05, 4.69) is 5.32 Å². The molecule has 2 atom stereocenters. The lowest BCUT2D eigenvalue weighted by molar-refractivity contribution is -0.384. The highest BCUT2D eigenvalue weighted by Crippen LogP contribution is 2.13. The molecule has 10 heteroatoms. The molecule has 1 aromatic carbocycles. The Morgan fingerprint density at radius 2 is 1.96 bits per heavy atom. The molecule has 1 fully saturated rings. The first-order valence-corrected chi connectivity index (χ1v) is 8.37. The maximum Gasteiger partial charge on any atom is 0.325 e. The van der Waals surface area contributed by atoms with Crippen molar-refractivity contribution in [3.05, 3.63) is 39.9 Å². The summed E-state index contributed by atoms with van der Waals surface area (Å²) in [4.78, 5) is 47.4. The molecular formula is C17H21N3O7. The summed E-state index contributed by atoms with van der Waals surface area (Å²) >= 11 is 0. The predicted octanol–water partition coefficient (Wildman–Crippen LogP) is 0.504. The normalized spacial score (nSPS) is 19.3. The molecule has 0 unspecified atom stereocenters. The Morgan fingerprint density at radius 3 is 2.59 bits per heavy atom. The number of nitrogens with one attached hydrogen (secondary N) is 1. The van der Waals surface area contributed by atoms with Crippen LogP contribution in [0.5, 0.6) is 0 Å². The lowest BCUT2D eigenvalue weighted by Crippen LogP contribution is -2.49. The molecule has 1 aromatic rings. The van der Waals surface area contributed by atoms with Crippen LogP contribution in [0.2, 0.25) is 0 Å². The van der Waals surface area contributed by atoms with E-state index in [0.717, 1.165) is 6.07 Å². The van der Waals surface area contributed by atoms with Gasteiger partial charge in [0.25, 0.3) is 17.5 Å². The number of carbonyl (C=O) groups is 3. The molecule has 0 bridgehead atoms. The number of morpholine rings is 1. The molecule has 0 aliphatic carbocycles. The van der Waals surface area contributed by atoms with Gasteiger partial charge >= 0.3 is 5.97 Å². The van der Waals surface area contributed by atoms with Gasteiger partial charge in [-0.15, -0.1) is 0 Å². The molecular weight excluding hydrogens is 358 g/mol. The van der Waals surface area contributed by atoms with Crippen LogP contribution in [0.15, 0.2) is 24.3 Å². The van der Waals surface area contributed by atoms with Crippen molar-refractivity contribution in [3.8, 4) is 0 Å².